The fourth-order valence-electron chi connectivity index (χ4n) is 3.18. The van der Waals surface area contributed by atoms with Crippen LogP contribution in [0.25, 0.3) is 22.8 Å². The Morgan fingerprint density at radius 3 is 2.56 bits per heavy atom. The van der Waals surface area contributed by atoms with Crippen molar-refractivity contribution in [2.75, 3.05) is 18.5 Å². The van der Waals surface area contributed by atoms with Crippen molar-refractivity contribution in [2.24, 2.45) is 0 Å². The smallest absolute Gasteiger partial charge is 0.262 e. The highest BCUT2D eigenvalue weighted by Gasteiger charge is 2.16. The van der Waals surface area contributed by atoms with Crippen molar-refractivity contribution in [2.45, 2.75) is 13.8 Å². The van der Waals surface area contributed by atoms with Crippen LogP contribution in [0, 0.1) is 6.92 Å². The molecule has 4 aromatic rings. The van der Waals surface area contributed by atoms with Crippen LogP contribution in [0.5, 0.6) is 11.5 Å². The molecule has 3 aromatic carbocycles. The fraction of sp³-hybridized carbons (Fsp3) is 0.160. The van der Waals surface area contributed by atoms with Gasteiger partial charge in [-0.15, -0.1) is 0 Å². The molecular formula is C25H23N3O4. The van der Waals surface area contributed by atoms with E-state index >= 15 is 0 Å². The zero-order valence-electron chi connectivity index (χ0n) is 17.9. The van der Waals surface area contributed by atoms with Crippen LogP contribution >= 0.6 is 0 Å². The lowest BCUT2D eigenvalue weighted by Crippen LogP contribution is -2.20. The van der Waals surface area contributed by atoms with E-state index in [-0.39, 0.29) is 12.5 Å². The summed E-state index contributed by atoms with van der Waals surface area (Å²) in [5, 5.41) is 6.90. The van der Waals surface area contributed by atoms with Crippen molar-refractivity contribution in [3.8, 4) is 34.3 Å². The van der Waals surface area contributed by atoms with Crippen LogP contribution in [0.1, 0.15) is 12.5 Å². The number of amides is 1. The molecule has 7 nitrogen and oxygen atoms in total. The van der Waals surface area contributed by atoms with Crippen LogP contribution in [0.3, 0.4) is 0 Å². The van der Waals surface area contributed by atoms with Gasteiger partial charge in [0.1, 0.15) is 11.5 Å². The Bertz CT molecular complexity index is 1220. The molecule has 0 radical (unpaired) electrons. The van der Waals surface area contributed by atoms with Gasteiger partial charge in [-0.3, -0.25) is 4.79 Å². The van der Waals surface area contributed by atoms with Gasteiger partial charge >= 0.3 is 0 Å². The van der Waals surface area contributed by atoms with Gasteiger partial charge in [-0.25, -0.2) is 0 Å². The molecule has 0 unspecified atom stereocenters. The third kappa shape index (κ3) is 4.95. The molecule has 0 aliphatic carbocycles. The molecule has 4 rings (SSSR count). The van der Waals surface area contributed by atoms with E-state index in [0.29, 0.717) is 41.1 Å². The van der Waals surface area contributed by atoms with Gasteiger partial charge in [-0.05, 0) is 44.2 Å². The van der Waals surface area contributed by atoms with Crippen LogP contribution < -0.4 is 14.8 Å². The number of nitrogens with zero attached hydrogens (tertiary/aromatic N) is 2. The van der Waals surface area contributed by atoms with E-state index in [1.54, 1.807) is 18.2 Å². The highest BCUT2D eigenvalue weighted by molar-refractivity contribution is 5.93. The van der Waals surface area contributed by atoms with Gasteiger partial charge in [0, 0.05) is 5.56 Å². The Morgan fingerprint density at radius 1 is 0.969 bits per heavy atom. The lowest BCUT2D eigenvalue weighted by atomic mass is 10.1. The summed E-state index contributed by atoms with van der Waals surface area (Å²) in [6.07, 6.45) is 0. The minimum atomic E-state index is -0.307. The molecule has 1 aromatic heterocycles. The normalized spacial score (nSPS) is 10.6. The van der Waals surface area contributed by atoms with Crippen LogP contribution in [0.15, 0.2) is 77.3 Å². The molecular weight excluding hydrogens is 406 g/mol. The van der Waals surface area contributed by atoms with E-state index in [0.717, 1.165) is 11.1 Å². The largest absolute Gasteiger partial charge is 0.492 e. The molecule has 162 valence electrons. The summed E-state index contributed by atoms with van der Waals surface area (Å²) < 4.78 is 16.8. The summed E-state index contributed by atoms with van der Waals surface area (Å²) >= 11 is 0. The number of aryl methyl sites for hydroxylation is 1. The van der Waals surface area contributed by atoms with Gasteiger partial charge in [-0.2, -0.15) is 4.98 Å². The van der Waals surface area contributed by atoms with Crippen molar-refractivity contribution in [1.82, 2.24) is 10.1 Å². The first kappa shape index (κ1) is 21.1. The highest BCUT2D eigenvalue weighted by Crippen LogP contribution is 2.30. The molecule has 0 aliphatic heterocycles. The third-order valence-electron chi connectivity index (χ3n) is 4.64. The topological polar surface area (TPSA) is 86.5 Å². The summed E-state index contributed by atoms with van der Waals surface area (Å²) in [6, 6.07) is 22.4. The van der Waals surface area contributed by atoms with Gasteiger partial charge in [0.15, 0.2) is 6.61 Å². The molecule has 7 heteroatoms. The minimum absolute atomic E-state index is 0.184. The molecule has 1 amide bonds. The summed E-state index contributed by atoms with van der Waals surface area (Å²) in [4.78, 5) is 17.0. The predicted molar refractivity (Wildman–Crippen MR) is 122 cm³/mol. The first-order chi connectivity index (χ1) is 15.6. The molecule has 0 saturated heterocycles. The number of hydrogen-bond donors (Lipinski definition) is 1. The maximum atomic E-state index is 12.5. The zero-order chi connectivity index (χ0) is 22.3. The predicted octanol–water partition coefficient (Wildman–Crippen LogP) is 5.13. The monoisotopic (exact) mass is 429 g/mol. The Hall–Kier alpha value is -4.13. The SMILES string of the molecule is CCOc1ccccc1NC(=O)COc1ccccc1-c1nc(-c2cccc(C)c2)no1. The molecule has 1 heterocycles. The Morgan fingerprint density at radius 2 is 1.75 bits per heavy atom. The molecule has 32 heavy (non-hydrogen) atoms. The number of para-hydroxylation sites is 3. The summed E-state index contributed by atoms with van der Waals surface area (Å²) in [5.41, 5.74) is 3.18. The second-order valence-corrected chi connectivity index (χ2v) is 7.05. The summed E-state index contributed by atoms with van der Waals surface area (Å²) in [6.45, 7) is 4.22. The lowest BCUT2D eigenvalue weighted by Gasteiger charge is -2.12. The number of aromatic nitrogens is 2. The fourth-order valence-corrected chi connectivity index (χ4v) is 3.18. The molecule has 0 bridgehead atoms. The van der Waals surface area contributed by atoms with Gasteiger partial charge < -0.3 is 19.3 Å². The Balaban J connectivity index is 1.47. The van der Waals surface area contributed by atoms with Crippen molar-refractivity contribution < 1.29 is 18.8 Å². The first-order valence-corrected chi connectivity index (χ1v) is 10.3. The van der Waals surface area contributed by atoms with Gasteiger partial charge in [0.2, 0.25) is 5.82 Å². The van der Waals surface area contributed by atoms with Crippen LogP contribution in [-0.4, -0.2) is 29.3 Å². The molecule has 0 spiro atoms. The van der Waals surface area contributed by atoms with Crippen molar-refractivity contribution in [1.29, 1.82) is 0 Å². The Kier molecular flexibility index (Phi) is 6.46. The Labute approximate surface area is 186 Å². The van der Waals surface area contributed by atoms with Gasteiger partial charge in [0.25, 0.3) is 11.8 Å². The van der Waals surface area contributed by atoms with E-state index in [4.69, 9.17) is 14.0 Å². The number of nitrogens with one attached hydrogen (secondary N) is 1. The van der Waals surface area contributed by atoms with Crippen molar-refractivity contribution >= 4 is 11.6 Å². The third-order valence-corrected chi connectivity index (χ3v) is 4.64. The quantitative estimate of drug-likeness (QED) is 0.418. The minimum Gasteiger partial charge on any atom is -0.492 e. The second kappa shape index (κ2) is 9.78. The second-order valence-electron chi connectivity index (χ2n) is 7.05. The molecule has 0 atom stereocenters. The number of hydrogen-bond acceptors (Lipinski definition) is 6. The van der Waals surface area contributed by atoms with E-state index in [1.165, 1.54) is 0 Å². The average molecular weight is 429 g/mol. The molecule has 0 saturated carbocycles. The number of anilines is 1. The van der Waals surface area contributed by atoms with Crippen molar-refractivity contribution in [3.63, 3.8) is 0 Å². The zero-order valence-corrected chi connectivity index (χ0v) is 17.9. The summed E-state index contributed by atoms with van der Waals surface area (Å²) in [7, 11) is 0. The van der Waals surface area contributed by atoms with Crippen LogP contribution in [0.4, 0.5) is 5.69 Å². The van der Waals surface area contributed by atoms with E-state index < -0.39 is 0 Å². The van der Waals surface area contributed by atoms with E-state index in [2.05, 4.69) is 15.5 Å². The number of rotatable bonds is 8. The lowest BCUT2D eigenvalue weighted by molar-refractivity contribution is -0.118. The number of benzene rings is 3. The van der Waals surface area contributed by atoms with Gasteiger partial charge in [-0.1, -0.05) is 53.2 Å². The molecule has 1 N–H and O–H groups in total. The van der Waals surface area contributed by atoms with Crippen molar-refractivity contribution in [3.05, 3.63) is 78.4 Å². The van der Waals surface area contributed by atoms with Gasteiger partial charge in [0.05, 0.1) is 17.9 Å². The number of carbonyl (C=O) groups is 1. The molecule has 0 aliphatic rings. The standard InChI is InChI=1S/C25H23N3O4/c1-3-30-22-14-7-5-12-20(22)26-23(29)16-31-21-13-6-4-11-19(21)25-27-24(28-32-25)18-10-8-9-17(2)15-18/h4-15H,3,16H2,1-2H3,(H,26,29). The maximum Gasteiger partial charge on any atom is 0.262 e. The first-order valence-electron chi connectivity index (χ1n) is 10.3. The number of carbonyl (C=O) groups excluding carboxylic acids is 1. The maximum absolute atomic E-state index is 12.5. The highest BCUT2D eigenvalue weighted by atomic mass is 16.5. The average Bonchev–Trinajstić information content (AvgIpc) is 3.30. The summed E-state index contributed by atoms with van der Waals surface area (Å²) in [5.74, 6) is 1.58. The van der Waals surface area contributed by atoms with Crippen LogP contribution in [0.2, 0.25) is 0 Å². The number of ether oxygens (including phenoxy) is 2. The molecule has 0 fully saturated rings. The van der Waals surface area contributed by atoms with E-state index in [1.807, 2.05) is 68.4 Å². The van der Waals surface area contributed by atoms with E-state index in [9.17, 15) is 4.79 Å². The van der Waals surface area contributed by atoms with Crippen LogP contribution in [-0.2, 0) is 4.79 Å².